The van der Waals surface area contributed by atoms with Crippen molar-refractivity contribution in [2.75, 3.05) is 6.54 Å². The maximum absolute atomic E-state index is 11.5. The van der Waals surface area contributed by atoms with Gasteiger partial charge in [0.2, 0.25) is 0 Å². The number of aliphatic carboxylic acids is 1. The van der Waals surface area contributed by atoms with Gasteiger partial charge in [-0.2, -0.15) is 0 Å². The summed E-state index contributed by atoms with van der Waals surface area (Å²) in [5, 5.41) is 14.1. The summed E-state index contributed by atoms with van der Waals surface area (Å²) in [6, 6.07) is -1.79. The highest BCUT2D eigenvalue weighted by molar-refractivity contribution is 6.29. The zero-order chi connectivity index (χ0) is 15.2. The summed E-state index contributed by atoms with van der Waals surface area (Å²) >= 11 is 5.49. The van der Waals surface area contributed by atoms with E-state index in [0.29, 0.717) is 0 Å². The van der Waals surface area contributed by atoms with Gasteiger partial charge in [0.15, 0.2) is 6.04 Å². The third-order valence-electron chi connectivity index (χ3n) is 2.00. The molecular formula is C12H21ClN2O4. The molecule has 0 saturated heterocycles. The van der Waals surface area contributed by atoms with Gasteiger partial charge < -0.3 is 20.5 Å². The number of hydrogen-bond acceptors (Lipinski definition) is 3. The van der Waals surface area contributed by atoms with Crippen molar-refractivity contribution >= 4 is 23.6 Å². The van der Waals surface area contributed by atoms with Crippen molar-refractivity contribution in [2.24, 2.45) is 0 Å². The van der Waals surface area contributed by atoms with Gasteiger partial charge in [-0.15, -0.1) is 0 Å². The highest BCUT2D eigenvalue weighted by Gasteiger charge is 2.30. The number of urea groups is 1. The van der Waals surface area contributed by atoms with Gasteiger partial charge in [0.1, 0.15) is 0 Å². The largest absolute Gasteiger partial charge is 0.480 e. The van der Waals surface area contributed by atoms with Crippen LogP contribution in [0.25, 0.3) is 0 Å². The summed E-state index contributed by atoms with van der Waals surface area (Å²) in [5.41, 5.74) is -0.504. The number of hydrogen-bond donors (Lipinski definition) is 3. The molecule has 0 aromatic rings. The average molecular weight is 293 g/mol. The Bertz CT molecular complexity index is 352. The highest BCUT2D eigenvalue weighted by atomic mass is 35.5. The third kappa shape index (κ3) is 8.45. The molecule has 0 aliphatic heterocycles. The Balaban J connectivity index is 4.53. The Morgan fingerprint density at radius 3 is 2.32 bits per heavy atom. The van der Waals surface area contributed by atoms with Crippen LogP contribution in [0, 0.1) is 0 Å². The predicted molar refractivity (Wildman–Crippen MR) is 73.3 cm³/mol. The summed E-state index contributed by atoms with van der Waals surface area (Å²) < 4.78 is 5.52. The summed E-state index contributed by atoms with van der Waals surface area (Å²) in [4.78, 5) is 22.6. The van der Waals surface area contributed by atoms with Crippen LogP contribution in [0.1, 0.15) is 27.7 Å². The van der Waals surface area contributed by atoms with E-state index < -0.39 is 29.7 Å². The first kappa shape index (κ1) is 17.7. The Morgan fingerprint density at radius 2 is 1.95 bits per heavy atom. The number of carboxylic acid groups (broad SMARTS) is 1. The zero-order valence-corrected chi connectivity index (χ0v) is 12.4. The number of carbonyl (C=O) groups excluding carboxylic acids is 1. The molecule has 0 rings (SSSR count). The van der Waals surface area contributed by atoms with E-state index in [-0.39, 0.29) is 11.6 Å². The Labute approximate surface area is 118 Å². The molecule has 2 amide bonds. The number of ether oxygens (including phenoxy) is 1. The molecule has 110 valence electrons. The average Bonchev–Trinajstić information content (AvgIpc) is 2.19. The number of carboxylic acids is 1. The first-order valence-electron chi connectivity index (χ1n) is 5.81. The molecule has 0 unspecified atom stereocenters. The van der Waals surface area contributed by atoms with Gasteiger partial charge >= 0.3 is 12.0 Å². The normalized spacial score (nSPS) is 14.4. The molecule has 0 heterocycles. The van der Waals surface area contributed by atoms with Crippen molar-refractivity contribution in [2.45, 2.75) is 45.4 Å². The minimum Gasteiger partial charge on any atom is -0.480 e. The van der Waals surface area contributed by atoms with Gasteiger partial charge in [-0.1, -0.05) is 18.2 Å². The molecule has 0 fully saturated rings. The van der Waals surface area contributed by atoms with Crippen LogP contribution in [0.5, 0.6) is 0 Å². The molecule has 0 aliphatic rings. The van der Waals surface area contributed by atoms with Crippen molar-refractivity contribution in [3.8, 4) is 0 Å². The molecule has 6 nitrogen and oxygen atoms in total. The van der Waals surface area contributed by atoms with E-state index >= 15 is 0 Å². The van der Waals surface area contributed by atoms with Gasteiger partial charge in [-0.3, -0.25) is 0 Å². The summed E-state index contributed by atoms with van der Waals surface area (Å²) in [7, 11) is 0. The van der Waals surface area contributed by atoms with Crippen LogP contribution in [0.15, 0.2) is 11.6 Å². The fourth-order valence-electron chi connectivity index (χ4n) is 1.37. The Hall–Kier alpha value is -1.27. The van der Waals surface area contributed by atoms with E-state index in [1.807, 2.05) is 0 Å². The molecule has 3 N–H and O–H groups in total. The van der Waals surface area contributed by atoms with Gasteiger partial charge in [-0.25, -0.2) is 9.59 Å². The monoisotopic (exact) mass is 292 g/mol. The minimum absolute atomic E-state index is 0.0637. The maximum Gasteiger partial charge on any atom is 0.328 e. The van der Waals surface area contributed by atoms with Gasteiger partial charge in [0.05, 0.1) is 18.2 Å². The lowest BCUT2D eigenvalue weighted by Gasteiger charge is -2.29. The van der Waals surface area contributed by atoms with E-state index in [9.17, 15) is 9.59 Å². The number of nitrogens with one attached hydrogen (secondary N) is 2. The Morgan fingerprint density at radius 1 is 1.42 bits per heavy atom. The van der Waals surface area contributed by atoms with Crippen LogP contribution in [0.4, 0.5) is 4.79 Å². The molecule has 0 radical (unpaired) electrons. The molecule has 0 aromatic carbocycles. The standard InChI is InChI=1S/C12H21ClN2O4/c1-7(13)6-14-11(18)15-9(10(16)17)8(2)19-12(3,4)5/h8-9H,1,6H2,2-5H3,(H,16,17)(H2,14,15,18)/t8-,9+/m1/s1. The highest BCUT2D eigenvalue weighted by Crippen LogP contribution is 2.13. The topological polar surface area (TPSA) is 87.7 Å². The first-order chi connectivity index (χ1) is 8.53. The van der Waals surface area contributed by atoms with Crippen LogP contribution in [-0.2, 0) is 9.53 Å². The Kier molecular flexibility index (Phi) is 6.86. The number of carbonyl (C=O) groups is 2. The number of halogens is 1. The van der Waals surface area contributed by atoms with Gasteiger partial charge in [-0.05, 0) is 27.7 Å². The van der Waals surface area contributed by atoms with Crippen molar-refractivity contribution in [1.29, 1.82) is 0 Å². The van der Waals surface area contributed by atoms with Crippen LogP contribution in [0.2, 0.25) is 0 Å². The molecule has 19 heavy (non-hydrogen) atoms. The molecule has 0 saturated carbocycles. The minimum atomic E-state index is -1.17. The fourth-order valence-corrected chi connectivity index (χ4v) is 1.44. The van der Waals surface area contributed by atoms with Crippen molar-refractivity contribution in [3.05, 3.63) is 11.6 Å². The molecular weight excluding hydrogens is 272 g/mol. The van der Waals surface area contributed by atoms with Crippen molar-refractivity contribution in [3.63, 3.8) is 0 Å². The van der Waals surface area contributed by atoms with Crippen molar-refractivity contribution < 1.29 is 19.4 Å². The fraction of sp³-hybridized carbons (Fsp3) is 0.667. The van der Waals surface area contributed by atoms with Crippen LogP contribution < -0.4 is 10.6 Å². The second kappa shape index (κ2) is 7.35. The van der Waals surface area contributed by atoms with E-state index in [1.54, 1.807) is 27.7 Å². The van der Waals surface area contributed by atoms with Crippen molar-refractivity contribution in [1.82, 2.24) is 10.6 Å². The molecule has 0 aromatic heterocycles. The lowest BCUT2D eigenvalue weighted by atomic mass is 10.1. The molecule has 0 spiro atoms. The first-order valence-corrected chi connectivity index (χ1v) is 6.19. The molecule has 7 heteroatoms. The van der Waals surface area contributed by atoms with Gasteiger partial charge in [0.25, 0.3) is 0 Å². The summed E-state index contributed by atoms with van der Waals surface area (Å²) in [6.45, 7) is 10.5. The SMILES string of the molecule is C=C(Cl)CNC(=O)N[C@H](C(=O)O)[C@@H](C)OC(C)(C)C. The second-order valence-electron chi connectivity index (χ2n) is 5.10. The summed E-state index contributed by atoms with van der Waals surface area (Å²) in [6.07, 6.45) is -0.678. The molecule has 0 bridgehead atoms. The van der Waals surface area contributed by atoms with Crippen LogP contribution >= 0.6 is 11.6 Å². The third-order valence-corrected chi connectivity index (χ3v) is 2.14. The lowest BCUT2D eigenvalue weighted by Crippen LogP contribution is -2.53. The molecule has 0 aliphatic carbocycles. The number of rotatable bonds is 6. The predicted octanol–water partition coefficient (Wildman–Crippen LogP) is 1.69. The second-order valence-corrected chi connectivity index (χ2v) is 5.63. The lowest BCUT2D eigenvalue weighted by molar-refractivity contribution is -0.146. The quantitative estimate of drug-likeness (QED) is 0.695. The molecule has 2 atom stereocenters. The maximum atomic E-state index is 11.5. The van der Waals surface area contributed by atoms with Crippen LogP contribution in [0.3, 0.4) is 0 Å². The summed E-state index contributed by atoms with van der Waals surface area (Å²) in [5.74, 6) is -1.17. The van der Waals surface area contributed by atoms with E-state index in [4.69, 9.17) is 21.4 Å². The van der Waals surface area contributed by atoms with Gasteiger partial charge in [0, 0.05) is 5.03 Å². The van der Waals surface area contributed by atoms with Crippen LogP contribution in [-0.4, -0.2) is 41.4 Å². The zero-order valence-electron chi connectivity index (χ0n) is 11.6. The van der Waals surface area contributed by atoms with E-state index in [2.05, 4.69) is 17.2 Å². The smallest absolute Gasteiger partial charge is 0.328 e. The van der Waals surface area contributed by atoms with E-state index in [0.717, 1.165) is 0 Å². The van der Waals surface area contributed by atoms with E-state index in [1.165, 1.54) is 0 Å². The number of amides is 2.